The van der Waals surface area contributed by atoms with E-state index < -0.39 is 0 Å². The third-order valence-corrected chi connectivity index (χ3v) is 4.18. The molecule has 82 valence electrons. The highest BCUT2D eigenvalue weighted by atomic mass is 79.9. The molecule has 0 aromatic heterocycles. The van der Waals surface area contributed by atoms with Gasteiger partial charge >= 0.3 is 0 Å². The molecule has 0 aliphatic heterocycles. The van der Waals surface area contributed by atoms with Crippen LogP contribution in [0.3, 0.4) is 0 Å². The van der Waals surface area contributed by atoms with Crippen molar-refractivity contribution in [2.45, 2.75) is 31.7 Å². The van der Waals surface area contributed by atoms with Crippen molar-refractivity contribution in [3.05, 3.63) is 0 Å². The molecule has 2 nitrogen and oxygen atoms in total. The molecule has 1 aliphatic rings. The summed E-state index contributed by atoms with van der Waals surface area (Å²) >= 11 is 5.23. The van der Waals surface area contributed by atoms with Gasteiger partial charge in [-0.15, -0.1) is 0 Å². The van der Waals surface area contributed by atoms with Gasteiger partial charge < -0.3 is 5.32 Å². The molecule has 1 N–H and O–H groups in total. The lowest BCUT2D eigenvalue weighted by atomic mass is 10.1. The van der Waals surface area contributed by atoms with Crippen molar-refractivity contribution in [1.82, 2.24) is 5.32 Å². The number of halogens is 1. The standard InChI is InChI=1S/C10H18BrNOS/c1-14-6-5-10(13)12-9-4-2-3-8(9)7-11/h8-9H,2-7H2,1H3,(H,12,13). The number of carbonyl (C=O) groups excluding carboxylic acids is 1. The molecule has 1 amide bonds. The van der Waals surface area contributed by atoms with E-state index in [1.165, 1.54) is 12.8 Å². The number of rotatable bonds is 5. The van der Waals surface area contributed by atoms with Crippen LogP contribution >= 0.6 is 27.7 Å². The Morgan fingerprint density at radius 2 is 2.36 bits per heavy atom. The van der Waals surface area contributed by atoms with Crippen LogP contribution in [0, 0.1) is 5.92 Å². The average Bonchev–Trinajstić information content (AvgIpc) is 2.62. The van der Waals surface area contributed by atoms with Crippen molar-refractivity contribution in [2.75, 3.05) is 17.3 Å². The van der Waals surface area contributed by atoms with Gasteiger partial charge in [0.2, 0.25) is 5.91 Å². The van der Waals surface area contributed by atoms with E-state index in [1.54, 1.807) is 11.8 Å². The van der Waals surface area contributed by atoms with Gasteiger partial charge in [0, 0.05) is 23.5 Å². The molecule has 0 spiro atoms. The van der Waals surface area contributed by atoms with Crippen molar-refractivity contribution in [2.24, 2.45) is 5.92 Å². The summed E-state index contributed by atoms with van der Waals surface area (Å²) < 4.78 is 0. The molecular weight excluding hydrogens is 262 g/mol. The van der Waals surface area contributed by atoms with Crippen LogP contribution in [0.4, 0.5) is 0 Å². The Hall–Kier alpha value is 0.300. The van der Waals surface area contributed by atoms with Crippen molar-refractivity contribution in [1.29, 1.82) is 0 Å². The van der Waals surface area contributed by atoms with E-state index in [9.17, 15) is 4.79 Å². The Morgan fingerprint density at radius 3 is 3.00 bits per heavy atom. The smallest absolute Gasteiger partial charge is 0.221 e. The molecule has 1 fully saturated rings. The number of carbonyl (C=O) groups is 1. The molecule has 1 aliphatic carbocycles. The summed E-state index contributed by atoms with van der Waals surface area (Å²) in [5.41, 5.74) is 0. The zero-order chi connectivity index (χ0) is 10.4. The molecule has 0 radical (unpaired) electrons. The van der Waals surface area contributed by atoms with Gasteiger partial charge in [0.05, 0.1) is 0 Å². The van der Waals surface area contributed by atoms with E-state index in [4.69, 9.17) is 0 Å². The Morgan fingerprint density at radius 1 is 1.57 bits per heavy atom. The van der Waals surface area contributed by atoms with Crippen LogP contribution < -0.4 is 5.32 Å². The summed E-state index contributed by atoms with van der Waals surface area (Å²) in [5, 5.41) is 4.15. The van der Waals surface area contributed by atoms with Gasteiger partial charge in [-0.1, -0.05) is 22.4 Å². The Bertz CT molecular complexity index is 189. The quantitative estimate of drug-likeness (QED) is 0.784. The van der Waals surface area contributed by atoms with E-state index >= 15 is 0 Å². The van der Waals surface area contributed by atoms with E-state index in [1.807, 2.05) is 6.26 Å². The van der Waals surface area contributed by atoms with Gasteiger partial charge in [0.25, 0.3) is 0 Å². The number of nitrogens with one attached hydrogen (secondary N) is 1. The normalized spacial score (nSPS) is 26.4. The zero-order valence-corrected chi connectivity index (χ0v) is 11.0. The summed E-state index contributed by atoms with van der Waals surface area (Å²) in [5.74, 6) is 1.79. The predicted molar refractivity (Wildman–Crippen MR) is 66.1 cm³/mol. The van der Waals surface area contributed by atoms with Crippen LogP contribution in [0.15, 0.2) is 0 Å². The van der Waals surface area contributed by atoms with E-state index in [-0.39, 0.29) is 5.91 Å². The first-order valence-corrected chi connectivity index (χ1v) is 7.63. The van der Waals surface area contributed by atoms with Crippen molar-refractivity contribution >= 4 is 33.6 Å². The predicted octanol–water partition coefficient (Wildman–Crippen LogP) is 2.42. The molecule has 0 bridgehead atoms. The SMILES string of the molecule is CSCCC(=O)NC1CCCC1CBr. The molecule has 1 rings (SSSR count). The lowest BCUT2D eigenvalue weighted by Gasteiger charge is -2.18. The minimum atomic E-state index is 0.220. The van der Waals surface area contributed by atoms with Crippen molar-refractivity contribution in [3.63, 3.8) is 0 Å². The average molecular weight is 280 g/mol. The first kappa shape index (κ1) is 12.4. The highest BCUT2D eigenvalue weighted by Crippen LogP contribution is 2.27. The fraction of sp³-hybridized carbons (Fsp3) is 0.900. The van der Waals surface area contributed by atoms with Crippen LogP contribution in [-0.4, -0.2) is 29.3 Å². The highest BCUT2D eigenvalue weighted by Gasteiger charge is 2.27. The van der Waals surface area contributed by atoms with E-state index in [0.717, 1.165) is 17.5 Å². The van der Waals surface area contributed by atoms with Gasteiger partial charge in [-0.25, -0.2) is 0 Å². The monoisotopic (exact) mass is 279 g/mol. The molecule has 0 aromatic carbocycles. The van der Waals surface area contributed by atoms with Gasteiger partial charge in [0.15, 0.2) is 0 Å². The molecule has 0 aromatic rings. The maximum Gasteiger partial charge on any atom is 0.221 e. The van der Waals surface area contributed by atoms with E-state index in [2.05, 4.69) is 21.2 Å². The molecule has 0 saturated heterocycles. The van der Waals surface area contributed by atoms with Crippen LogP contribution in [0.25, 0.3) is 0 Å². The Labute approximate surface area is 98.7 Å². The third-order valence-electron chi connectivity index (χ3n) is 2.74. The topological polar surface area (TPSA) is 29.1 Å². The fourth-order valence-corrected chi connectivity index (χ4v) is 3.05. The first-order valence-electron chi connectivity index (χ1n) is 5.12. The summed E-state index contributed by atoms with van der Waals surface area (Å²) in [6.45, 7) is 0. The second-order valence-corrected chi connectivity index (χ2v) is 5.40. The highest BCUT2D eigenvalue weighted by molar-refractivity contribution is 9.09. The van der Waals surface area contributed by atoms with Crippen LogP contribution in [-0.2, 0) is 4.79 Å². The summed E-state index contributed by atoms with van der Waals surface area (Å²) in [6.07, 6.45) is 6.35. The third kappa shape index (κ3) is 3.81. The van der Waals surface area contributed by atoms with Crippen molar-refractivity contribution < 1.29 is 4.79 Å². The number of hydrogen-bond donors (Lipinski definition) is 1. The molecule has 2 atom stereocenters. The molecule has 14 heavy (non-hydrogen) atoms. The second kappa shape index (κ2) is 6.72. The largest absolute Gasteiger partial charge is 0.353 e. The number of alkyl halides is 1. The minimum absolute atomic E-state index is 0.220. The summed E-state index contributed by atoms with van der Waals surface area (Å²) in [7, 11) is 0. The van der Waals surface area contributed by atoms with Crippen LogP contribution in [0.1, 0.15) is 25.7 Å². The number of hydrogen-bond acceptors (Lipinski definition) is 2. The maximum atomic E-state index is 11.5. The van der Waals surface area contributed by atoms with E-state index in [0.29, 0.717) is 18.4 Å². The maximum absolute atomic E-state index is 11.5. The summed E-state index contributed by atoms with van der Waals surface area (Å²) in [4.78, 5) is 11.5. The zero-order valence-electron chi connectivity index (χ0n) is 8.59. The van der Waals surface area contributed by atoms with Gasteiger partial charge in [-0.05, 0) is 25.0 Å². The van der Waals surface area contributed by atoms with Gasteiger partial charge in [0.1, 0.15) is 0 Å². The van der Waals surface area contributed by atoms with Crippen molar-refractivity contribution in [3.8, 4) is 0 Å². The fourth-order valence-electron chi connectivity index (χ4n) is 1.89. The van der Waals surface area contributed by atoms with Crippen LogP contribution in [0.2, 0.25) is 0 Å². The summed E-state index contributed by atoms with van der Waals surface area (Å²) in [6, 6.07) is 0.420. The molecule has 4 heteroatoms. The van der Waals surface area contributed by atoms with Crippen LogP contribution in [0.5, 0.6) is 0 Å². The second-order valence-electron chi connectivity index (χ2n) is 3.76. The Balaban J connectivity index is 2.25. The molecular formula is C10H18BrNOS. The Kier molecular flexibility index (Phi) is 5.94. The number of amides is 1. The minimum Gasteiger partial charge on any atom is -0.353 e. The van der Waals surface area contributed by atoms with Gasteiger partial charge in [-0.3, -0.25) is 4.79 Å². The first-order chi connectivity index (χ1) is 6.77. The molecule has 0 heterocycles. The van der Waals surface area contributed by atoms with Gasteiger partial charge in [-0.2, -0.15) is 11.8 Å². The number of thioether (sulfide) groups is 1. The lowest BCUT2D eigenvalue weighted by molar-refractivity contribution is -0.121. The molecule has 1 saturated carbocycles. The lowest BCUT2D eigenvalue weighted by Crippen LogP contribution is -2.38. The molecule has 2 unspecified atom stereocenters.